The number of benzene rings is 2. The van der Waals surface area contributed by atoms with Crippen LogP contribution in [0.15, 0.2) is 55.0 Å². The van der Waals surface area contributed by atoms with E-state index >= 15 is 0 Å². The minimum absolute atomic E-state index is 0.119. The zero-order valence-corrected chi connectivity index (χ0v) is 30.2. The highest BCUT2D eigenvalue weighted by molar-refractivity contribution is 6.76. The van der Waals surface area contributed by atoms with Crippen molar-refractivity contribution >= 4 is 36.3 Å². The largest absolute Gasteiger partial charge is 0.370 e. The molecule has 2 aliphatic heterocycles. The van der Waals surface area contributed by atoms with Crippen molar-refractivity contribution in [1.82, 2.24) is 19.7 Å². The van der Waals surface area contributed by atoms with Gasteiger partial charge >= 0.3 is 0 Å². The predicted octanol–water partition coefficient (Wildman–Crippen LogP) is 6.65. The van der Waals surface area contributed by atoms with E-state index in [1.807, 2.05) is 46.4 Å². The molecule has 6 rings (SSSR count). The number of aryl methyl sites for hydroxylation is 2. The first kappa shape index (κ1) is 33.7. The average molecular weight is 664 g/mol. The smallest absolute Gasteiger partial charge is 0.254 e. The number of piperazine rings is 1. The summed E-state index contributed by atoms with van der Waals surface area (Å²) in [6, 6.07) is 15.7. The van der Waals surface area contributed by atoms with E-state index in [1.54, 1.807) is 0 Å². The van der Waals surface area contributed by atoms with Gasteiger partial charge in [-0.2, -0.15) is 10.4 Å². The van der Waals surface area contributed by atoms with Gasteiger partial charge in [0.15, 0.2) is 0 Å². The number of nitriles is 1. The van der Waals surface area contributed by atoms with Crippen LogP contribution in [0.5, 0.6) is 0 Å². The van der Waals surface area contributed by atoms with Gasteiger partial charge in [-0.3, -0.25) is 9.78 Å². The Morgan fingerprint density at radius 2 is 1.67 bits per heavy atom. The summed E-state index contributed by atoms with van der Waals surface area (Å²) in [5.74, 6) is 0.674. The van der Waals surface area contributed by atoms with Gasteiger partial charge in [0.2, 0.25) is 0 Å². The van der Waals surface area contributed by atoms with E-state index in [0.717, 1.165) is 97.1 Å². The molecule has 0 aliphatic carbocycles. The van der Waals surface area contributed by atoms with Crippen molar-refractivity contribution in [3.63, 3.8) is 0 Å². The van der Waals surface area contributed by atoms with Crippen LogP contribution in [0.1, 0.15) is 45.5 Å². The van der Waals surface area contributed by atoms with Gasteiger partial charge in [0.05, 0.1) is 34.8 Å². The molecule has 1 amide bonds. The molecule has 4 aromatic rings. The second-order valence-electron chi connectivity index (χ2n) is 14.7. The molecule has 9 nitrogen and oxygen atoms in total. The fraction of sp³-hybridized carbons (Fsp3) is 0.474. The normalized spacial score (nSPS) is 16.0. The lowest BCUT2D eigenvalue weighted by atomic mass is 9.86. The van der Waals surface area contributed by atoms with Crippen LogP contribution < -0.4 is 9.80 Å². The lowest BCUT2D eigenvalue weighted by Crippen LogP contribution is -2.49. The number of pyridine rings is 1. The molecule has 2 fully saturated rings. The van der Waals surface area contributed by atoms with Gasteiger partial charge in [-0.25, -0.2) is 4.68 Å². The number of para-hydroxylation sites is 1. The van der Waals surface area contributed by atoms with E-state index in [0.29, 0.717) is 25.7 Å². The number of hydrogen-bond acceptors (Lipinski definition) is 7. The van der Waals surface area contributed by atoms with Crippen molar-refractivity contribution in [3.8, 4) is 6.07 Å². The van der Waals surface area contributed by atoms with E-state index in [2.05, 4.69) is 77.6 Å². The summed E-state index contributed by atoms with van der Waals surface area (Å²) in [7, 11) is -1.16. The molecule has 252 valence electrons. The maximum atomic E-state index is 14.0. The Hall–Kier alpha value is -4.20. The maximum Gasteiger partial charge on any atom is 0.254 e. The van der Waals surface area contributed by atoms with Gasteiger partial charge < -0.3 is 19.4 Å². The Morgan fingerprint density at radius 3 is 2.40 bits per heavy atom. The van der Waals surface area contributed by atoms with Gasteiger partial charge in [-0.05, 0) is 80.0 Å². The molecule has 0 N–H and O–H groups in total. The van der Waals surface area contributed by atoms with Crippen molar-refractivity contribution in [3.05, 3.63) is 82.8 Å². The van der Waals surface area contributed by atoms with Gasteiger partial charge in [-0.15, -0.1) is 0 Å². The summed E-state index contributed by atoms with van der Waals surface area (Å²) >= 11 is 0. The van der Waals surface area contributed by atoms with Crippen LogP contribution in [0.25, 0.3) is 10.9 Å². The molecule has 0 saturated carbocycles. The van der Waals surface area contributed by atoms with Gasteiger partial charge in [0.1, 0.15) is 12.8 Å². The third-order valence-electron chi connectivity index (χ3n) is 10.0. The number of rotatable bonds is 10. The predicted molar refractivity (Wildman–Crippen MR) is 195 cm³/mol. The van der Waals surface area contributed by atoms with Gasteiger partial charge in [0, 0.05) is 71.1 Å². The third-order valence-corrected chi connectivity index (χ3v) is 11.7. The molecule has 48 heavy (non-hydrogen) atoms. The quantitative estimate of drug-likeness (QED) is 0.139. The van der Waals surface area contributed by atoms with Crippen molar-refractivity contribution in [2.75, 3.05) is 55.7 Å². The number of anilines is 2. The van der Waals surface area contributed by atoms with Crippen molar-refractivity contribution in [2.24, 2.45) is 5.92 Å². The second kappa shape index (κ2) is 14.5. The summed E-state index contributed by atoms with van der Waals surface area (Å²) in [5.41, 5.74) is 8.26. The first-order valence-electron chi connectivity index (χ1n) is 17.4. The van der Waals surface area contributed by atoms with Crippen molar-refractivity contribution in [1.29, 1.82) is 5.26 Å². The molecule has 0 unspecified atom stereocenters. The monoisotopic (exact) mass is 663 g/mol. The van der Waals surface area contributed by atoms with E-state index < -0.39 is 8.07 Å². The molecule has 10 heteroatoms. The molecular weight excluding hydrogens is 615 g/mol. The summed E-state index contributed by atoms with van der Waals surface area (Å²) in [6.07, 6.45) is 8.76. The summed E-state index contributed by atoms with van der Waals surface area (Å²) in [6.45, 7) is 17.1. The van der Waals surface area contributed by atoms with Crippen LogP contribution in [0.4, 0.5) is 11.4 Å². The number of nitrogens with zero attached hydrogens (tertiary/aromatic N) is 7. The standard InChI is InChI=1S/C38H49N7O2Si/c1-28-20-29(2)34(22-32(28)21-30-10-12-42(13-11-30)35-9-7-6-8-31(35)23-39)38(46)44-16-14-43(15-17-44)36-26-40-24-33-25-41-45(37(33)36)27-47-18-19-48(3,4)5/h6-9,20,22,24-26,30H,10-19,21,27H2,1-5H3. The van der Waals surface area contributed by atoms with E-state index in [-0.39, 0.29) is 5.91 Å². The highest BCUT2D eigenvalue weighted by Crippen LogP contribution is 2.31. The fourth-order valence-electron chi connectivity index (χ4n) is 7.08. The van der Waals surface area contributed by atoms with Crippen LogP contribution in [0, 0.1) is 31.1 Å². The maximum absolute atomic E-state index is 14.0. The molecule has 4 heterocycles. The van der Waals surface area contributed by atoms with Crippen molar-refractivity contribution in [2.45, 2.75) is 65.5 Å². The summed E-state index contributed by atoms with van der Waals surface area (Å²) in [5, 5.41) is 15.2. The molecule has 0 spiro atoms. The van der Waals surface area contributed by atoms with Crippen molar-refractivity contribution < 1.29 is 9.53 Å². The number of aromatic nitrogens is 3. The molecule has 2 saturated heterocycles. The zero-order valence-electron chi connectivity index (χ0n) is 29.2. The first-order valence-corrected chi connectivity index (χ1v) is 21.1. The first-order chi connectivity index (χ1) is 23.1. The second-order valence-corrected chi connectivity index (χ2v) is 20.3. The number of carbonyl (C=O) groups is 1. The number of ether oxygens (including phenoxy) is 1. The summed E-state index contributed by atoms with van der Waals surface area (Å²) in [4.78, 5) is 25.1. The van der Waals surface area contributed by atoms with Gasteiger partial charge in [-0.1, -0.05) is 37.8 Å². The van der Waals surface area contributed by atoms with Crippen LogP contribution >= 0.6 is 0 Å². The Labute approximate surface area is 286 Å². The number of piperidine rings is 1. The molecule has 0 radical (unpaired) electrons. The fourth-order valence-corrected chi connectivity index (χ4v) is 7.84. The van der Waals surface area contributed by atoms with Crippen LogP contribution in [0.2, 0.25) is 25.7 Å². The molecule has 2 aromatic carbocycles. The van der Waals surface area contributed by atoms with Crippen LogP contribution in [0.3, 0.4) is 0 Å². The minimum Gasteiger partial charge on any atom is -0.370 e. The van der Waals surface area contributed by atoms with Crippen LogP contribution in [-0.4, -0.2) is 79.5 Å². The number of amides is 1. The number of hydrogen-bond donors (Lipinski definition) is 0. The number of fused-ring (bicyclic) bond motifs is 1. The average Bonchev–Trinajstić information content (AvgIpc) is 3.51. The molecule has 0 bridgehead atoms. The molecule has 0 atom stereocenters. The highest BCUT2D eigenvalue weighted by Gasteiger charge is 2.27. The lowest BCUT2D eigenvalue weighted by Gasteiger charge is -2.36. The minimum atomic E-state index is -1.16. The van der Waals surface area contributed by atoms with Crippen LogP contribution in [-0.2, 0) is 17.9 Å². The molecular formula is C38H49N7O2Si. The number of carbonyl (C=O) groups excluding carboxylic acids is 1. The van der Waals surface area contributed by atoms with E-state index in [9.17, 15) is 10.1 Å². The third kappa shape index (κ3) is 7.58. The summed E-state index contributed by atoms with van der Waals surface area (Å²) < 4.78 is 7.99. The lowest BCUT2D eigenvalue weighted by molar-refractivity contribution is 0.0746. The SMILES string of the molecule is Cc1cc(C)c(C(=O)N2CCN(c3cncc4cnn(COCC[Si](C)(C)C)c34)CC2)cc1CC1CCN(c2ccccc2C#N)CC1. The Bertz CT molecular complexity index is 1790. The zero-order chi connectivity index (χ0) is 33.8. The Kier molecular flexibility index (Phi) is 10.2. The topological polar surface area (TPSA) is 90.5 Å². The van der Waals surface area contributed by atoms with E-state index in [1.165, 1.54) is 11.1 Å². The molecule has 2 aliphatic rings. The highest BCUT2D eigenvalue weighted by atomic mass is 28.3. The Balaban J connectivity index is 1.08. The van der Waals surface area contributed by atoms with E-state index in [4.69, 9.17) is 4.74 Å². The Morgan fingerprint density at radius 1 is 0.938 bits per heavy atom. The molecule has 2 aromatic heterocycles. The van der Waals surface area contributed by atoms with Gasteiger partial charge in [0.25, 0.3) is 5.91 Å².